The molecule has 1 fully saturated rings. The first-order valence-corrected chi connectivity index (χ1v) is 7.14. The number of carbonyl (C=O) groups excluding carboxylic acids is 3. The highest BCUT2D eigenvalue weighted by Crippen LogP contribution is 2.49. The molecule has 1 saturated heterocycles. The van der Waals surface area contributed by atoms with Crippen LogP contribution in [0.5, 0.6) is 0 Å². The van der Waals surface area contributed by atoms with E-state index in [1.165, 1.54) is 13.8 Å². The molecule has 0 aliphatic carbocycles. The van der Waals surface area contributed by atoms with Crippen LogP contribution in [-0.4, -0.2) is 35.1 Å². The lowest BCUT2D eigenvalue weighted by Crippen LogP contribution is -2.49. The van der Waals surface area contributed by atoms with Crippen molar-refractivity contribution in [3.05, 3.63) is 29.8 Å². The van der Waals surface area contributed by atoms with Crippen LogP contribution in [0.1, 0.15) is 32.3 Å². The molecular formula is C16H18N2O3. The van der Waals surface area contributed by atoms with Crippen LogP contribution in [0.2, 0.25) is 0 Å². The largest absolute Gasteiger partial charge is 0.338 e. The van der Waals surface area contributed by atoms with Gasteiger partial charge in [0.15, 0.2) is 0 Å². The maximum atomic E-state index is 12.7. The summed E-state index contributed by atoms with van der Waals surface area (Å²) in [5.41, 5.74) is 0.917. The number of nitrogens with one attached hydrogen (secondary N) is 1. The van der Waals surface area contributed by atoms with Crippen LogP contribution >= 0.6 is 0 Å². The van der Waals surface area contributed by atoms with E-state index >= 15 is 0 Å². The summed E-state index contributed by atoms with van der Waals surface area (Å²) in [5.74, 6) is -0.196. The first-order chi connectivity index (χ1) is 9.96. The molecule has 0 aromatic heterocycles. The van der Waals surface area contributed by atoms with Gasteiger partial charge in [0.2, 0.25) is 11.8 Å². The summed E-state index contributed by atoms with van der Waals surface area (Å²) in [4.78, 5) is 37.9. The average Bonchev–Trinajstić information content (AvgIpc) is 2.91. The number of amides is 2. The average molecular weight is 286 g/mol. The number of nitrogens with zero attached hydrogens (tertiary/aromatic N) is 1. The predicted molar refractivity (Wildman–Crippen MR) is 77.8 cm³/mol. The van der Waals surface area contributed by atoms with Gasteiger partial charge in [-0.25, -0.2) is 0 Å². The molecule has 0 saturated carbocycles. The van der Waals surface area contributed by atoms with Crippen LogP contribution in [0.4, 0.5) is 5.69 Å². The van der Waals surface area contributed by atoms with E-state index in [1.807, 2.05) is 24.3 Å². The first-order valence-electron chi connectivity index (χ1n) is 7.14. The lowest BCUT2D eigenvalue weighted by Gasteiger charge is -2.32. The molecule has 21 heavy (non-hydrogen) atoms. The number of anilines is 1. The van der Waals surface area contributed by atoms with Gasteiger partial charge in [-0.2, -0.15) is 0 Å². The monoisotopic (exact) mass is 286 g/mol. The summed E-state index contributed by atoms with van der Waals surface area (Å²) in [6.07, 6.45) is 0.773. The van der Waals surface area contributed by atoms with Crippen molar-refractivity contribution in [3.8, 4) is 0 Å². The quantitative estimate of drug-likeness (QED) is 0.895. The highest BCUT2D eigenvalue weighted by molar-refractivity contribution is 6.08. The minimum absolute atomic E-state index is 0.00953. The molecule has 2 heterocycles. The fraction of sp³-hybridized carbons (Fsp3) is 0.438. The molecule has 2 aliphatic heterocycles. The van der Waals surface area contributed by atoms with Gasteiger partial charge >= 0.3 is 0 Å². The molecule has 0 bridgehead atoms. The van der Waals surface area contributed by atoms with E-state index in [9.17, 15) is 14.4 Å². The Kier molecular flexibility index (Phi) is 3.08. The zero-order valence-corrected chi connectivity index (χ0v) is 12.2. The van der Waals surface area contributed by atoms with Gasteiger partial charge in [-0.15, -0.1) is 0 Å². The number of likely N-dealkylation sites (tertiary alicyclic amines) is 1. The van der Waals surface area contributed by atoms with Crippen molar-refractivity contribution in [2.75, 3.05) is 11.9 Å². The summed E-state index contributed by atoms with van der Waals surface area (Å²) >= 11 is 0. The molecule has 110 valence electrons. The predicted octanol–water partition coefficient (Wildman–Crippen LogP) is 1.48. The molecule has 1 spiro atoms. The maximum Gasteiger partial charge on any atom is 0.237 e. The van der Waals surface area contributed by atoms with E-state index in [2.05, 4.69) is 5.32 Å². The van der Waals surface area contributed by atoms with Crippen molar-refractivity contribution in [1.82, 2.24) is 4.90 Å². The molecule has 2 amide bonds. The van der Waals surface area contributed by atoms with Crippen LogP contribution in [-0.2, 0) is 19.8 Å². The Balaban J connectivity index is 2.13. The van der Waals surface area contributed by atoms with Gasteiger partial charge in [0.1, 0.15) is 5.78 Å². The summed E-state index contributed by atoms with van der Waals surface area (Å²) in [6.45, 7) is 3.50. The van der Waals surface area contributed by atoms with E-state index in [1.54, 1.807) is 4.90 Å². The molecule has 1 aromatic rings. The van der Waals surface area contributed by atoms with Crippen LogP contribution in [0.3, 0.4) is 0 Å². The van der Waals surface area contributed by atoms with Gasteiger partial charge in [-0.3, -0.25) is 14.4 Å². The third-order valence-electron chi connectivity index (χ3n) is 4.64. The molecule has 0 unspecified atom stereocenters. The molecule has 1 aromatic carbocycles. The second kappa shape index (κ2) is 4.69. The van der Waals surface area contributed by atoms with Crippen LogP contribution < -0.4 is 5.32 Å². The Morgan fingerprint density at radius 2 is 2.05 bits per heavy atom. The third-order valence-corrected chi connectivity index (χ3v) is 4.64. The van der Waals surface area contributed by atoms with Crippen molar-refractivity contribution in [2.45, 2.75) is 38.1 Å². The van der Waals surface area contributed by atoms with Gasteiger partial charge in [0.05, 0.1) is 11.5 Å². The second-order valence-corrected chi connectivity index (χ2v) is 5.86. The van der Waals surface area contributed by atoms with Gasteiger partial charge in [-0.1, -0.05) is 18.2 Å². The van der Waals surface area contributed by atoms with Gasteiger partial charge in [0.25, 0.3) is 0 Å². The van der Waals surface area contributed by atoms with Gasteiger partial charge in [0, 0.05) is 25.6 Å². The number of hydrogen-bond donors (Lipinski definition) is 1. The Bertz CT molecular complexity index is 640. The number of hydrogen-bond acceptors (Lipinski definition) is 3. The Labute approximate surface area is 123 Å². The Morgan fingerprint density at radius 1 is 1.33 bits per heavy atom. The Morgan fingerprint density at radius 3 is 2.71 bits per heavy atom. The molecule has 5 heteroatoms. The molecule has 1 N–H and O–H groups in total. The standard InChI is InChI=1S/C16H18N2O3/c1-10(19)9-14-16(7-8-18(14)11(2)20)12-5-3-4-6-13(12)17-15(16)21/h3-6,14H,7-9H2,1-2H3,(H,17,21)/t14-,16+/m1/s1. The minimum atomic E-state index is -0.784. The fourth-order valence-corrected chi connectivity index (χ4v) is 3.74. The normalized spacial score (nSPS) is 26.9. The SMILES string of the molecule is CC(=O)C[C@H]1N(C(C)=O)CC[C@@]12C(=O)Nc1ccccc12. The Hall–Kier alpha value is -2.17. The van der Waals surface area contributed by atoms with Crippen molar-refractivity contribution < 1.29 is 14.4 Å². The molecule has 0 radical (unpaired) electrons. The number of benzene rings is 1. The zero-order chi connectivity index (χ0) is 15.2. The summed E-state index contributed by atoms with van der Waals surface area (Å²) in [7, 11) is 0. The molecule has 3 rings (SSSR count). The van der Waals surface area contributed by atoms with Gasteiger partial charge < -0.3 is 10.2 Å². The first kappa shape index (κ1) is 13.8. The van der Waals surface area contributed by atoms with Crippen LogP contribution in [0.25, 0.3) is 0 Å². The molecule has 5 nitrogen and oxygen atoms in total. The molecular weight excluding hydrogens is 268 g/mol. The third kappa shape index (κ3) is 1.87. The summed E-state index contributed by atoms with van der Waals surface area (Å²) in [6, 6.07) is 7.15. The van der Waals surface area contributed by atoms with E-state index in [4.69, 9.17) is 0 Å². The van der Waals surface area contributed by atoms with Crippen LogP contribution in [0.15, 0.2) is 24.3 Å². The molecule has 2 atom stereocenters. The number of ketones is 1. The molecule has 2 aliphatic rings. The van der Waals surface area contributed by atoms with Crippen molar-refractivity contribution in [2.24, 2.45) is 0 Å². The number of para-hydroxylation sites is 1. The number of fused-ring (bicyclic) bond motifs is 2. The van der Waals surface area contributed by atoms with Gasteiger partial charge in [-0.05, 0) is 25.0 Å². The highest BCUT2D eigenvalue weighted by atomic mass is 16.2. The maximum absolute atomic E-state index is 12.7. The van der Waals surface area contributed by atoms with E-state index in [0.29, 0.717) is 13.0 Å². The lowest BCUT2D eigenvalue weighted by molar-refractivity contribution is -0.132. The van der Waals surface area contributed by atoms with Crippen molar-refractivity contribution >= 4 is 23.3 Å². The second-order valence-electron chi connectivity index (χ2n) is 5.86. The minimum Gasteiger partial charge on any atom is -0.338 e. The summed E-state index contributed by atoms with van der Waals surface area (Å²) < 4.78 is 0. The highest BCUT2D eigenvalue weighted by Gasteiger charge is 2.58. The summed E-state index contributed by atoms with van der Waals surface area (Å²) in [5, 5.41) is 2.90. The number of Topliss-reactive ketones (excluding diaryl/α,β-unsaturated/α-hetero) is 1. The zero-order valence-electron chi connectivity index (χ0n) is 12.2. The fourth-order valence-electron chi connectivity index (χ4n) is 3.74. The van der Waals surface area contributed by atoms with Crippen molar-refractivity contribution in [3.63, 3.8) is 0 Å². The number of carbonyl (C=O) groups is 3. The van der Waals surface area contributed by atoms with E-state index in [-0.39, 0.29) is 24.0 Å². The van der Waals surface area contributed by atoms with Crippen LogP contribution in [0, 0.1) is 0 Å². The van der Waals surface area contributed by atoms with E-state index < -0.39 is 11.5 Å². The number of rotatable bonds is 2. The van der Waals surface area contributed by atoms with E-state index in [0.717, 1.165) is 11.3 Å². The van der Waals surface area contributed by atoms with Crippen molar-refractivity contribution in [1.29, 1.82) is 0 Å². The topological polar surface area (TPSA) is 66.5 Å². The smallest absolute Gasteiger partial charge is 0.237 e. The lowest BCUT2D eigenvalue weighted by atomic mass is 9.73.